The highest BCUT2D eigenvalue weighted by molar-refractivity contribution is 5.67. The van der Waals surface area contributed by atoms with Crippen molar-refractivity contribution >= 4 is 11.4 Å². The fourth-order valence-corrected chi connectivity index (χ4v) is 1.93. The number of anilines is 2. The molecule has 18 heavy (non-hydrogen) atoms. The van der Waals surface area contributed by atoms with E-state index in [-0.39, 0.29) is 0 Å². The van der Waals surface area contributed by atoms with Crippen molar-refractivity contribution in [1.82, 2.24) is 0 Å². The summed E-state index contributed by atoms with van der Waals surface area (Å²) in [5, 5.41) is 3.39. The van der Waals surface area contributed by atoms with Crippen molar-refractivity contribution in [2.24, 2.45) is 0 Å². The maximum Gasteiger partial charge on any atom is 0.0579 e. The lowest BCUT2D eigenvalue weighted by Gasteiger charge is -2.11. The predicted molar refractivity (Wildman–Crippen MR) is 78.8 cm³/mol. The molecule has 0 spiro atoms. The van der Waals surface area contributed by atoms with Crippen molar-refractivity contribution in [3.8, 4) is 0 Å². The van der Waals surface area contributed by atoms with Crippen molar-refractivity contribution in [2.45, 2.75) is 27.3 Å². The molecule has 2 heteroatoms. The van der Waals surface area contributed by atoms with Crippen LogP contribution in [0.25, 0.3) is 0 Å². The van der Waals surface area contributed by atoms with Crippen LogP contribution in [0.2, 0.25) is 0 Å². The Morgan fingerprint density at radius 1 is 0.944 bits per heavy atom. The first-order valence-corrected chi connectivity index (χ1v) is 6.22. The lowest BCUT2D eigenvalue weighted by Crippen LogP contribution is -2.03. The third kappa shape index (κ3) is 2.83. The Morgan fingerprint density at radius 2 is 1.72 bits per heavy atom. The molecule has 2 aromatic carbocycles. The molecule has 0 saturated carbocycles. The van der Waals surface area contributed by atoms with Crippen molar-refractivity contribution in [3.63, 3.8) is 0 Å². The van der Waals surface area contributed by atoms with E-state index < -0.39 is 0 Å². The van der Waals surface area contributed by atoms with E-state index in [1.165, 1.54) is 22.3 Å². The summed E-state index contributed by atoms with van der Waals surface area (Å²) in [7, 11) is 0. The van der Waals surface area contributed by atoms with Gasteiger partial charge in [0.2, 0.25) is 0 Å². The fraction of sp³-hybridized carbons (Fsp3) is 0.250. The Morgan fingerprint density at radius 3 is 2.44 bits per heavy atom. The van der Waals surface area contributed by atoms with Gasteiger partial charge in [0.1, 0.15) is 0 Å². The highest BCUT2D eigenvalue weighted by atomic mass is 14.9. The molecule has 94 valence electrons. The molecule has 0 aromatic heterocycles. The van der Waals surface area contributed by atoms with Crippen molar-refractivity contribution < 1.29 is 0 Å². The minimum atomic E-state index is 0.796. The number of nitrogen functional groups attached to an aromatic ring is 1. The SMILES string of the molecule is Cc1ccc(N)c(NCc2ccc(C)c(C)c2)c1. The second-order valence-electron chi connectivity index (χ2n) is 4.86. The van der Waals surface area contributed by atoms with Crippen molar-refractivity contribution in [2.75, 3.05) is 11.1 Å². The van der Waals surface area contributed by atoms with Gasteiger partial charge in [-0.1, -0.05) is 24.3 Å². The summed E-state index contributed by atoms with van der Waals surface area (Å²) in [6.07, 6.45) is 0. The van der Waals surface area contributed by atoms with Crippen LogP contribution < -0.4 is 11.1 Å². The first kappa shape index (κ1) is 12.5. The van der Waals surface area contributed by atoms with E-state index in [0.717, 1.165) is 17.9 Å². The molecule has 0 fully saturated rings. The summed E-state index contributed by atoms with van der Waals surface area (Å²) in [6.45, 7) is 7.14. The van der Waals surface area contributed by atoms with Crippen LogP contribution in [0.5, 0.6) is 0 Å². The van der Waals surface area contributed by atoms with Crippen molar-refractivity contribution in [1.29, 1.82) is 0 Å². The summed E-state index contributed by atoms with van der Waals surface area (Å²) in [5.74, 6) is 0. The molecule has 0 saturated heterocycles. The second-order valence-corrected chi connectivity index (χ2v) is 4.86. The molecule has 0 bridgehead atoms. The smallest absolute Gasteiger partial charge is 0.0579 e. The minimum Gasteiger partial charge on any atom is -0.397 e. The molecular formula is C16H20N2. The van der Waals surface area contributed by atoms with Crippen LogP contribution in [0.1, 0.15) is 22.3 Å². The van der Waals surface area contributed by atoms with Crippen LogP contribution in [-0.2, 0) is 6.54 Å². The van der Waals surface area contributed by atoms with Crippen LogP contribution in [0.4, 0.5) is 11.4 Å². The number of nitrogens with one attached hydrogen (secondary N) is 1. The number of nitrogens with two attached hydrogens (primary N) is 1. The summed E-state index contributed by atoms with van der Waals surface area (Å²) in [4.78, 5) is 0. The highest BCUT2D eigenvalue weighted by Crippen LogP contribution is 2.20. The van der Waals surface area contributed by atoms with Gasteiger partial charge in [0.15, 0.2) is 0 Å². The van der Waals surface area contributed by atoms with E-state index in [1.54, 1.807) is 0 Å². The van der Waals surface area contributed by atoms with Crippen molar-refractivity contribution in [3.05, 3.63) is 58.7 Å². The molecule has 0 heterocycles. The zero-order valence-corrected chi connectivity index (χ0v) is 11.2. The number of rotatable bonds is 3. The topological polar surface area (TPSA) is 38.0 Å². The Balaban J connectivity index is 2.11. The standard InChI is InChI=1S/C16H20N2/c1-11-4-7-15(17)16(8-11)18-10-14-6-5-12(2)13(3)9-14/h4-9,18H,10,17H2,1-3H3. The number of aryl methyl sites for hydroxylation is 3. The molecule has 0 unspecified atom stereocenters. The molecule has 3 N–H and O–H groups in total. The normalized spacial score (nSPS) is 10.4. The minimum absolute atomic E-state index is 0.796. The van der Waals surface area contributed by atoms with Crippen LogP contribution in [0, 0.1) is 20.8 Å². The van der Waals surface area contributed by atoms with Crippen LogP contribution >= 0.6 is 0 Å². The molecule has 0 aliphatic carbocycles. The third-order valence-corrected chi connectivity index (χ3v) is 3.26. The zero-order valence-electron chi connectivity index (χ0n) is 11.2. The van der Waals surface area contributed by atoms with Gasteiger partial charge in [0.25, 0.3) is 0 Å². The third-order valence-electron chi connectivity index (χ3n) is 3.26. The maximum absolute atomic E-state index is 5.95. The zero-order chi connectivity index (χ0) is 13.1. The molecule has 0 aliphatic heterocycles. The van der Waals surface area contributed by atoms with E-state index >= 15 is 0 Å². The quantitative estimate of drug-likeness (QED) is 0.801. The summed E-state index contributed by atoms with van der Waals surface area (Å²) < 4.78 is 0. The van der Waals surface area contributed by atoms with E-state index in [1.807, 2.05) is 12.1 Å². The van der Waals surface area contributed by atoms with Crippen LogP contribution in [-0.4, -0.2) is 0 Å². The molecule has 0 radical (unpaired) electrons. The van der Waals surface area contributed by atoms with Gasteiger partial charge in [-0.15, -0.1) is 0 Å². The van der Waals surface area contributed by atoms with E-state index in [0.29, 0.717) is 0 Å². The van der Waals surface area contributed by atoms with Gasteiger partial charge >= 0.3 is 0 Å². The van der Waals surface area contributed by atoms with E-state index in [2.05, 4.69) is 50.4 Å². The summed E-state index contributed by atoms with van der Waals surface area (Å²) in [5.41, 5.74) is 12.9. The maximum atomic E-state index is 5.95. The first-order valence-electron chi connectivity index (χ1n) is 6.22. The monoisotopic (exact) mass is 240 g/mol. The van der Waals surface area contributed by atoms with Gasteiger partial charge in [0, 0.05) is 6.54 Å². The largest absolute Gasteiger partial charge is 0.397 e. The highest BCUT2D eigenvalue weighted by Gasteiger charge is 2.00. The summed E-state index contributed by atoms with van der Waals surface area (Å²) in [6, 6.07) is 12.6. The van der Waals surface area contributed by atoms with Gasteiger partial charge in [-0.05, 0) is 55.2 Å². The number of hydrogen-bond donors (Lipinski definition) is 2. The number of benzene rings is 2. The molecular weight excluding hydrogens is 220 g/mol. The predicted octanol–water partition coefficient (Wildman–Crippen LogP) is 3.81. The Labute approximate surface area is 109 Å². The van der Waals surface area contributed by atoms with Gasteiger partial charge in [0.05, 0.1) is 11.4 Å². The van der Waals surface area contributed by atoms with Gasteiger partial charge in [-0.25, -0.2) is 0 Å². The van der Waals surface area contributed by atoms with E-state index in [9.17, 15) is 0 Å². The second kappa shape index (κ2) is 5.13. The molecule has 0 aliphatic rings. The van der Waals surface area contributed by atoms with Crippen LogP contribution in [0.3, 0.4) is 0 Å². The lowest BCUT2D eigenvalue weighted by molar-refractivity contribution is 1.13. The fourth-order valence-electron chi connectivity index (χ4n) is 1.93. The molecule has 0 amide bonds. The van der Waals surface area contributed by atoms with E-state index in [4.69, 9.17) is 5.73 Å². The summed E-state index contributed by atoms with van der Waals surface area (Å²) >= 11 is 0. The molecule has 2 rings (SSSR count). The van der Waals surface area contributed by atoms with Gasteiger partial charge in [-0.2, -0.15) is 0 Å². The van der Waals surface area contributed by atoms with Crippen LogP contribution in [0.15, 0.2) is 36.4 Å². The Bertz CT molecular complexity index is 559. The lowest BCUT2D eigenvalue weighted by atomic mass is 10.1. The number of hydrogen-bond acceptors (Lipinski definition) is 2. The Hall–Kier alpha value is -1.96. The average molecular weight is 240 g/mol. The Kier molecular flexibility index (Phi) is 3.56. The molecule has 0 atom stereocenters. The molecule has 2 nitrogen and oxygen atoms in total. The molecule has 2 aromatic rings. The average Bonchev–Trinajstić information content (AvgIpc) is 2.34. The van der Waals surface area contributed by atoms with Gasteiger partial charge < -0.3 is 11.1 Å². The van der Waals surface area contributed by atoms with Gasteiger partial charge in [-0.3, -0.25) is 0 Å². The first-order chi connectivity index (χ1) is 8.56.